The number of fused-ring (bicyclic) bond motifs is 2. The molecule has 0 spiro atoms. The molecule has 0 bridgehead atoms. The van der Waals surface area contributed by atoms with Crippen molar-refractivity contribution in [2.24, 2.45) is 0 Å². The lowest BCUT2D eigenvalue weighted by Gasteiger charge is -2.27. The number of H-pyrrole nitrogens is 1. The van der Waals surface area contributed by atoms with E-state index in [1.807, 2.05) is 25.1 Å². The number of ether oxygens (including phenoxy) is 1. The van der Waals surface area contributed by atoms with Gasteiger partial charge in [-0.05, 0) is 36.8 Å². The highest BCUT2D eigenvalue weighted by Crippen LogP contribution is 2.36. The number of hydrogen-bond donors (Lipinski definition) is 3. The van der Waals surface area contributed by atoms with Crippen LogP contribution in [0.3, 0.4) is 0 Å². The van der Waals surface area contributed by atoms with Crippen LogP contribution in [0.25, 0.3) is 11.0 Å². The Labute approximate surface area is 153 Å². The van der Waals surface area contributed by atoms with Crippen LogP contribution in [-0.2, 0) is 6.54 Å². The first kappa shape index (κ1) is 17.3. The second-order valence-electron chi connectivity index (χ2n) is 6.49. The number of hydrogen-bond acceptors (Lipinski definition) is 3. The molecule has 3 aromatic rings. The Morgan fingerprint density at radius 2 is 2.11 bits per heavy atom. The normalized spacial score (nSPS) is 15.9. The number of halogens is 2. The zero-order valence-corrected chi connectivity index (χ0v) is 14.6. The van der Waals surface area contributed by atoms with Crippen LogP contribution in [0.1, 0.15) is 29.4 Å². The number of nitrogens with zero attached hydrogens (tertiary/aromatic N) is 1. The highest BCUT2D eigenvalue weighted by atomic mass is 19.1. The Balaban J connectivity index is 1.44. The first-order valence-electron chi connectivity index (χ1n) is 8.61. The first-order valence-corrected chi connectivity index (χ1v) is 8.61. The van der Waals surface area contributed by atoms with E-state index >= 15 is 0 Å². The van der Waals surface area contributed by atoms with Crippen molar-refractivity contribution in [1.82, 2.24) is 20.6 Å². The van der Waals surface area contributed by atoms with E-state index in [-0.39, 0.29) is 24.5 Å². The monoisotopic (exact) mass is 372 g/mol. The summed E-state index contributed by atoms with van der Waals surface area (Å²) in [5.41, 5.74) is 2.85. The summed E-state index contributed by atoms with van der Waals surface area (Å²) >= 11 is 0. The Bertz CT molecular complexity index is 1020. The number of aromatic nitrogens is 2. The molecular formula is C19H18F2N4O2. The number of carbonyl (C=O) groups is 1. The molecule has 0 fully saturated rings. The minimum absolute atomic E-state index is 0.0376. The Morgan fingerprint density at radius 3 is 2.96 bits per heavy atom. The molecule has 0 saturated carbocycles. The zero-order chi connectivity index (χ0) is 19.0. The lowest BCUT2D eigenvalue weighted by Crippen LogP contribution is -2.40. The maximum absolute atomic E-state index is 14.1. The van der Waals surface area contributed by atoms with E-state index in [0.717, 1.165) is 28.7 Å². The fraction of sp³-hybridized carbons (Fsp3) is 0.263. The molecule has 1 aliphatic rings. The van der Waals surface area contributed by atoms with Crippen LogP contribution in [0, 0.1) is 18.6 Å². The summed E-state index contributed by atoms with van der Waals surface area (Å²) in [6.45, 7) is 2.36. The van der Waals surface area contributed by atoms with Crippen LogP contribution in [0.2, 0.25) is 0 Å². The fourth-order valence-corrected chi connectivity index (χ4v) is 3.22. The van der Waals surface area contributed by atoms with Gasteiger partial charge in [-0.3, -0.25) is 0 Å². The smallest absolute Gasteiger partial charge is 0.315 e. The molecule has 2 amide bonds. The largest absolute Gasteiger partial charge is 0.490 e. The van der Waals surface area contributed by atoms with Gasteiger partial charge in [-0.15, -0.1) is 0 Å². The van der Waals surface area contributed by atoms with E-state index in [9.17, 15) is 13.6 Å². The Hall–Kier alpha value is -3.16. The summed E-state index contributed by atoms with van der Waals surface area (Å²) in [7, 11) is 0. The van der Waals surface area contributed by atoms with Crippen molar-refractivity contribution in [3.8, 4) is 5.75 Å². The summed E-state index contributed by atoms with van der Waals surface area (Å²) in [6.07, 6.45) is 0.352. The molecule has 27 heavy (non-hydrogen) atoms. The molecule has 8 heteroatoms. The predicted octanol–water partition coefficient (Wildman–Crippen LogP) is 3.47. The number of nitrogens with one attached hydrogen (secondary N) is 3. The summed E-state index contributed by atoms with van der Waals surface area (Å²) < 4.78 is 33.2. The van der Waals surface area contributed by atoms with Crippen LogP contribution in [0.15, 0.2) is 30.3 Å². The maximum atomic E-state index is 14.1. The van der Waals surface area contributed by atoms with Crippen LogP contribution < -0.4 is 15.4 Å². The van der Waals surface area contributed by atoms with Gasteiger partial charge in [0.2, 0.25) is 0 Å². The minimum Gasteiger partial charge on any atom is -0.490 e. The maximum Gasteiger partial charge on any atom is 0.315 e. The van der Waals surface area contributed by atoms with Gasteiger partial charge in [0.1, 0.15) is 11.6 Å². The number of urea groups is 1. The number of imidazole rings is 1. The number of aromatic amines is 1. The minimum atomic E-state index is -0.664. The number of carbonyl (C=O) groups excluding carboxylic acids is 1. The fourth-order valence-electron chi connectivity index (χ4n) is 3.22. The predicted molar refractivity (Wildman–Crippen MR) is 95.4 cm³/mol. The molecule has 1 aromatic heterocycles. The molecule has 6 nitrogen and oxygen atoms in total. The van der Waals surface area contributed by atoms with Crippen molar-refractivity contribution >= 4 is 17.1 Å². The molecule has 140 valence electrons. The summed E-state index contributed by atoms with van der Waals surface area (Å²) in [4.78, 5) is 19.8. The third kappa shape index (κ3) is 3.42. The van der Waals surface area contributed by atoms with Gasteiger partial charge in [0, 0.05) is 6.42 Å². The van der Waals surface area contributed by atoms with Crippen molar-refractivity contribution in [2.75, 3.05) is 6.61 Å². The Kier molecular flexibility index (Phi) is 4.39. The van der Waals surface area contributed by atoms with Crippen LogP contribution in [-0.4, -0.2) is 22.6 Å². The van der Waals surface area contributed by atoms with E-state index in [1.54, 1.807) is 0 Å². The highest BCUT2D eigenvalue weighted by Gasteiger charge is 2.29. The van der Waals surface area contributed by atoms with E-state index in [0.29, 0.717) is 12.2 Å². The van der Waals surface area contributed by atoms with Gasteiger partial charge in [-0.1, -0.05) is 6.07 Å². The average molecular weight is 372 g/mol. The van der Waals surface area contributed by atoms with Gasteiger partial charge in [0.25, 0.3) is 0 Å². The lowest BCUT2D eigenvalue weighted by atomic mass is 9.99. The van der Waals surface area contributed by atoms with Crippen molar-refractivity contribution in [2.45, 2.75) is 25.9 Å². The molecule has 0 radical (unpaired) electrons. The third-order valence-electron chi connectivity index (χ3n) is 4.50. The van der Waals surface area contributed by atoms with Crippen LogP contribution in [0.5, 0.6) is 5.75 Å². The van der Waals surface area contributed by atoms with Gasteiger partial charge < -0.3 is 20.4 Å². The number of benzene rings is 2. The molecule has 3 N–H and O–H groups in total. The molecule has 0 saturated heterocycles. The third-order valence-corrected chi connectivity index (χ3v) is 4.50. The standard InChI is InChI=1S/C19H18F2N4O2/c1-10-2-5-13-15(8-10)24-16(23-13)9-22-19(26)25-14-6-7-27-18-12(21)4-3-11(20)17(14)18/h2-5,8,14H,6-7,9H2,1H3,(H,23,24)(H2,22,25,26)/t14-/m1/s1. The van der Waals surface area contributed by atoms with Crippen LogP contribution in [0.4, 0.5) is 13.6 Å². The molecule has 1 aliphatic heterocycles. The van der Waals surface area contributed by atoms with Crippen molar-refractivity contribution < 1.29 is 18.3 Å². The van der Waals surface area contributed by atoms with Gasteiger partial charge in [0.15, 0.2) is 11.6 Å². The molecule has 4 rings (SSSR count). The number of amides is 2. The first-order chi connectivity index (χ1) is 13.0. The number of rotatable bonds is 3. The molecule has 2 heterocycles. The summed E-state index contributed by atoms with van der Waals surface area (Å²) in [6, 6.07) is 6.73. The molecule has 2 aromatic carbocycles. The van der Waals surface area contributed by atoms with E-state index in [1.165, 1.54) is 0 Å². The van der Waals surface area contributed by atoms with Gasteiger partial charge in [0.05, 0.1) is 35.8 Å². The SMILES string of the molecule is Cc1ccc2nc(CNC(=O)N[C@@H]3CCOc4c(F)ccc(F)c43)[nH]c2c1. The highest BCUT2D eigenvalue weighted by molar-refractivity contribution is 5.77. The molecule has 0 unspecified atom stereocenters. The Morgan fingerprint density at radius 1 is 1.30 bits per heavy atom. The van der Waals surface area contributed by atoms with Gasteiger partial charge >= 0.3 is 6.03 Å². The van der Waals surface area contributed by atoms with Gasteiger partial charge in [-0.25, -0.2) is 18.6 Å². The molecular weight excluding hydrogens is 354 g/mol. The van der Waals surface area contributed by atoms with Gasteiger partial charge in [-0.2, -0.15) is 0 Å². The number of aryl methyl sites for hydroxylation is 1. The van der Waals surface area contributed by atoms with Crippen molar-refractivity contribution in [1.29, 1.82) is 0 Å². The molecule has 1 atom stereocenters. The second kappa shape index (κ2) is 6.86. The lowest BCUT2D eigenvalue weighted by molar-refractivity contribution is 0.216. The van der Waals surface area contributed by atoms with Crippen molar-refractivity contribution in [3.05, 3.63) is 58.9 Å². The quantitative estimate of drug-likeness (QED) is 0.659. The van der Waals surface area contributed by atoms with E-state index in [2.05, 4.69) is 20.6 Å². The van der Waals surface area contributed by atoms with Crippen molar-refractivity contribution in [3.63, 3.8) is 0 Å². The van der Waals surface area contributed by atoms with Crippen LogP contribution >= 0.6 is 0 Å². The van der Waals surface area contributed by atoms with E-state index in [4.69, 9.17) is 4.74 Å². The molecule has 0 aliphatic carbocycles. The topological polar surface area (TPSA) is 79.0 Å². The second-order valence-corrected chi connectivity index (χ2v) is 6.49. The summed E-state index contributed by atoms with van der Waals surface area (Å²) in [5.74, 6) is -0.783. The average Bonchev–Trinajstić information content (AvgIpc) is 3.05. The summed E-state index contributed by atoms with van der Waals surface area (Å²) in [5, 5.41) is 5.36. The zero-order valence-electron chi connectivity index (χ0n) is 14.6. The van der Waals surface area contributed by atoms with E-state index < -0.39 is 23.7 Å².